The monoisotopic (exact) mass is 283 g/mol. The molecule has 0 aliphatic rings. The van der Waals surface area contributed by atoms with Gasteiger partial charge in [0.15, 0.2) is 0 Å². The van der Waals surface area contributed by atoms with Crippen LogP contribution in [-0.2, 0) is 16.6 Å². The molecule has 0 saturated carbocycles. The molecular formula is C11H13N3O2S2. The summed E-state index contributed by atoms with van der Waals surface area (Å²) in [7, 11) is -3.59. The van der Waals surface area contributed by atoms with E-state index in [1.54, 1.807) is 31.2 Å². The van der Waals surface area contributed by atoms with Gasteiger partial charge in [0.1, 0.15) is 10.7 Å². The van der Waals surface area contributed by atoms with E-state index in [0.717, 1.165) is 9.75 Å². The highest BCUT2D eigenvalue weighted by Crippen LogP contribution is 2.26. The predicted molar refractivity (Wildman–Crippen MR) is 72.0 cm³/mol. The van der Waals surface area contributed by atoms with Crippen LogP contribution in [0.1, 0.15) is 9.75 Å². The van der Waals surface area contributed by atoms with Crippen molar-refractivity contribution in [2.45, 2.75) is 18.4 Å². The van der Waals surface area contributed by atoms with Crippen molar-refractivity contribution < 1.29 is 8.42 Å². The highest BCUT2D eigenvalue weighted by Gasteiger charge is 2.20. The van der Waals surface area contributed by atoms with Gasteiger partial charge in [0.2, 0.25) is 0 Å². The molecule has 2 rings (SSSR count). The number of sulfonamides is 1. The average molecular weight is 283 g/mol. The van der Waals surface area contributed by atoms with Gasteiger partial charge in [-0.15, -0.1) is 11.3 Å². The van der Waals surface area contributed by atoms with Gasteiger partial charge >= 0.3 is 0 Å². The van der Waals surface area contributed by atoms with Crippen LogP contribution < -0.4 is 10.5 Å². The molecule has 2 aromatic heterocycles. The van der Waals surface area contributed by atoms with Crippen LogP contribution in [-0.4, -0.2) is 13.4 Å². The fourth-order valence-corrected chi connectivity index (χ4v) is 4.03. The molecule has 18 heavy (non-hydrogen) atoms. The fourth-order valence-electron chi connectivity index (χ4n) is 1.51. The molecule has 0 saturated heterocycles. The SMILES string of the molecule is Cc1sc(CN)cc1S(=O)(=O)Nc1ccccn1. The molecule has 96 valence electrons. The molecule has 0 atom stereocenters. The molecule has 0 unspecified atom stereocenters. The summed E-state index contributed by atoms with van der Waals surface area (Å²) in [6, 6.07) is 6.64. The molecule has 0 aliphatic heterocycles. The lowest BCUT2D eigenvalue weighted by Crippen LogP contribution is -2.13. The lowest BCUT2D eigenvalue weighted by molar-refractivity contribution is 0.601. The second-order valence-corrected chi connectivity index (χ2v) is 6.65. The quantitative estimate of drug-likeness (QED) is 0.894. The molecule has 5 nitrogen and oxygen atoms in total. The number of nitrogens with one attached hydrogen (secondary N) is 1. The first kappa shape index (κ1) is 13.0. The maximum Gasteiger partial charge on any atom is 0.264 e. The van der Waals surface area contributed by atoms with Gasteiger partial charge in [-0.1, -0.05) is 6.07 Å². The number of rotatable bonds is 4. The maximum absolute atomic E-state index is 12.2. The Morgan fingerprint density at radius 2 is 2.22 bits per heavy atom. The van der Waals surface area contributed by atoms with Crippen LogP contribution >= 0.6 is 11.3 Å². The second kappa shape index (κ2) is 5.05. The van der Waals surface area contributed by atoms with Crippen LogP contribution in [0.5, 0.6) is 0 Å². The largest absolute Gasteiger partial charge is 0.326 e. The second-order valence-electron chi connectivity index (χ2n) is 3.66. The number of hydrogen-bond donors (Lipinski definition) is 2. The number of aromatic nitrogens is 1. The first-order chi connectivity index (χ1) is 8.53. The van der Waals surface area contributed by atoms with Crippen LogP contribution in [0.15, 0.2) is 35.4 Å². The number of pyridine rings is 1. The summed E-state index contributed by atoms with van der Waals surface area (Å²) in [5.41, 5.74) is 5.51. The van der Waals surface area contributed by atoms with Crippen molar-refractivity contribution in [2.75, 3.05) is 4.72 Å². The van der Waals surface area contributed by atoms with E-state index in [-0.39, 0.29) is 4.90 Å². The van der Waals surface area contributed by atoms with Crippen molar-refractivity contribution in [3.05, 3.63) is 40.2 Å². The summed E-state index contributed by atoms with van der Waals surface area (Å²) >= 11 is 1.39. The molecule has 3 N–H and O–H groups in total. The third kappa shape index (κ3) is 2.69. The van der Waals surface area contributed by atoms with Crippen molar-refractivity contribution >= 4 is 27.2 Å². The third-order valence-electron chi connectivity index (χ3n) is 2.32. The van der Waals surface area contributed by atoms with Crippen LogP contribution in [0.25, 0.3) is 0 Å². The van der Waals surface area contributed by atoms with Crippen LogP contribution in [0.3, 0.4) is 0 Å². The van der Waals surface area contributed by atoms with E-state index in [2.05, 4.69) is 9.71 Å². The van der Waals surface area contributed by atoms with Gasteiger partial charge < -0.3 is 5.73 Å². The maximum atomic E-state index is 12.2. The van der Waals surface area contributed by atoms with E-state index >= 15 is 0 Å². The van der Waals surface area contributed by atoms with Crippen LogP contribution in [0, 0.1) is 6.92 Å². The zero-order valence-electron chi connectivity index (χ0n) is 9.75. The van der Waals surface area contributed by atoms with Crippen molar-refractivity contribution in [2.24, 2.45) is 5.73 Å². The summed E-state index contributed by atoms with van der Waals surface area (Å²) in [4.78, 5) is 5.76. The van der Waals surface area contributed by atoms with E-state index in [0.29, 0.717) is 12.4 Å². The Labute approximate surface area is 110 Å². The lowest BCUT2D eigenvalue weighted by Gasteiger charge is -2.05. The highest BCUT2D eigenvalue weighted by molar-refractivity contribution is 7.93. The number of nitrogens with two attached hydrogens (primary N) is 1. The van der Waals surface area contributed by atoms with Gasteiger partial charge in [0.25, 0.3) is 10.0 Å². The molecule has 0 aromatic carbocycles. The molecule has 0 radical (unpaired) electrons. The number of hydrogen-bond acceptors (Lipinski definition) is 5. The smallest absolute Gasteiger partial charge is 0.264 e. The van der Waals surface area contributed by atoms with Gasteiger partial charge in [-0.05, 0) is 25.1 Å². The summed E-state index contributed by atoms with van der Waals surface area (Å²) in [5, 5.41) is 0. The van der Waals surface area contributed by atoms with Gasteiger partial charge in [-0.2, -0.15) is 0 Å². The van der Waals surface area contributed by atoms with Gasteiger partial charge in [0, 0.05) is 22.5 Å². The van der Waals surface area contributed by atoms with E-state index in [1.807, 2.05) is 0 Å². The number of nitrogens with zero attached hydrogens (tertiary/aromatic N) is 1. The molecule has 0 aliphatic carbocycles. The summed E-state index contributed by atoms with van der Waals surface area (Å²) in [6.45, 7) is 2.10. The first-order valence-electron chi connectivity index (χ1n) is 5.26. The topological polar surface area (TPSA) is 85.1 Å². The van der Waals surface area contributed by atoms with E-state index in [1.165, 1.54) is 17.5 Å². The highest BCUT2D eigenvalue weighted by atomic mass is 32.2. The molecule has 0 spiro atoms. The molecular weight excluding hydrogens is 270 g/mol. The number of anilines is 1. The minimum Gasteiger partial charge on any atom is -0.326 e. The van der Waals surface area contributed by atoms with Crippen molar-refractivity contribution in [1.82, 2.24) is 4.98 Å². The molecule has 0 bridgehead atoms. The molecule has 0 amide bonds. The van der Waals surface area contributed by atoms with Crippen molar-refractivity contribution in [3.63, 3.8) is 0 Å². The van der Waals surface area contributed by atoms with Crippen LogP contribution in [0.4, 0.5) is 5.82 Å². The molecule has 2 aromatic rings. The lowest BCUT2D eigenvalue weighted by atomic mass is 10.4. The van der Waals surface area contributed by atoms with Crippen molar-refractivity contribution in [3.8, 4) is 0 Å². The Hall–Kier alpha value is -1.44. The minimum atomic E-state index is -3.59. The Morgan fingerprint density at radius 1 is 1.44 bits per heavy atom. The Balaban J connectivity index is 2.34. The molecule has 7 heteroatoms. The Morgan fingerprint density at radius 3 is 2.78 bits per heavy atom. The summed E-state index contributed by atoms with van der Waals surface area (Å²) < 4.78 is 26.8. The van der Waals surface area contributed by atoms with E-state index < -0.39 is 10.0 Å². The predicted octanol–water partition coefficient (Wildman–Crippen LogP) is 1.71. The standard InChI is InChI=1S/C11H13N3O2S2/c1-8-10(6-9(7-12)17-8)18(15,16)14-11-4-2-3-5-13-11/h2-6H,7,12H2,1H3,(H,13,14). The van der Waals surface area contributed by atoms with Gasteiger partial charge in [0.05, 0.1) is 0 Å². The minimum absolute atomic E-state index is 0.263. The van der Waals surface area contributed by atoms with Gasteiger partial charge in [-0.25, -0.2) is 13.4 Å². The first-order valence-corrected chi connectivity index (χ1v) is 7.56. The molecule has 0 fully saturated rings. The third-order valence-corrected chi connectivity index (χ3v) is 5.00. The van der Waals surface area contributed by atoms with Crippen LogP contribution in [0.2, 0.25) is 0 Å². The van der Waals surface area contributed by atoms with E-state index in [9.17, 15) is 8.42 Å². The zero-order chi connectivity index (χ0) is 13.2. The number of aryl methyl sites for hydroxylation is 1. The fraction of sp³-hybridized carbons (Fsp3) is 0.182. The van der Waals surface area contributed by atoms with Crippen molar-refractivity contribution in [1.29, 1.82) is 0 Å². The Kier molecular flexibility index (Phi) is 3.65. The summed E-state index contributed by atoms with van der Waals surface area (Å²) in [6.07, 6.45) is 1.53. The zero-order valence-corrected chi connectivity index (χ0v) is 11.4. The number of thiophene rings is 1. The van der Waals surface area contributed by atoms with E-state index in [4.69, 9.17) is 5.73 Å². The molecule has 2 heterocycles. The normalized spacial score (nSPS) is 11.4. The Bertz CT molecular complexity index is 636. The summed E-state index contributed by atoms with van der Waals surface area (Å²) in [5.74, 6) is 0.303. The average Bonchev–Trinajstić information content (AvgIpc) is 2.72. The van der Waals surface area contributed by atoms with Gasteiger partial charge in [-0.3, -0.25) is 4.72 Å².